The van der Waals surface area contributed by atoms with Crippen LogP contribution in [-0.4, -0.2) is 10.9 Å². The van der Waals surface area contributed by atoms with Gasteiger partial charge < -0.3 is 5.11 Å². The maximum atomic E-state index is 12.2. The molecule has 3 rings (SSSR count). The Morgan fingerprint density at radius 1 is 1.14 bits per heavy atom. The van der Waals surface area contributed by atoms with Gasteiger partial charge in [0.2, 0.25) is 0 Å². The van der Waals surface area contributed by atoms with Crippen LogP contribution in [0.3, 0.4) is 0 Å². The summed E-state index contributed by atoms with van der Waals surface area (Å²) in [5.74, 6) is 0.0699. The molecule has 2 aromatic rings. The molecule has 0 spiro atoms. The quantitative estimate of drug-likeness (QED) is 0.482. The molecule has 1 aliphatic carbocycles. The average molecular weight is 352 g/mol. The van der Waals surface area contributed by atoms with Crippen molar-refractivity contribution in [1.82, 2.24) is 0 Å². The molecular formula is C18H15O2Y-. The third kappa shape index (κ3) is 3.17. The molecule has 0 atom stereocenters. The predicted octanol–water partition coefficient (Wildman–Crippen LogP) is 3.73. The van der Waals surface area contributed by atoms with Gasteiger partial charge in [-0.1, -0.05) is 29.3 Å². The maximum absolute atomic E-state index is 12.2. The number of fused-ring (bicyclic) bond motifs is 1. The number of hydrogen-bond donors (Lipinski definition) is 1. The molecule has 0 saturated carbocycles. The number of hydrogen-bond acceptors (Lipinski definition) is 2. The predicted molar refractivity (Wildman–Crippen MR) is 79.2 cm³/mol. The Balaban J connectivity index is 0.00000161. The molecular weight excluding hydrogens is 337 g/mol. The molecule has 0 amide bonds. The van der Waals surface area contributed by atoms with Gasteiger partial charge in [0.25, 0.3) is 0 Å². The van der Waals surface area contributed by atoms with Gasteiger partial charge in [-0.3, -0.25) is 4.79 Å². The minimum absolute atomic E-state index is 0. The second kappa shape index (κ2) is 6.68. The van der Waals surface area contributed by atoms with Crippen LogP contribution in [-0.2, 0) is 43.9 Å². The number of aliphatic hydroxyl groups excluding tert-OH is 1. The van der Waals surface area contributed by atoms with Crippen LogP contribution in [0.15, 0.2) is 42.5 Å². The van der Waals surface area contributed by atoms with Crippen LogP contribution in [0.1, 0.15) is 28.7 Å². The van der Waals surface area contributed by atoms with Crippen molar-refractivity contribution in [1.29, 1.82) is 0 Å². The monoisotopic (exact) mass is 352 g/mol. The molecule has 103 valence electrons. The first-order valence-corrected chi connectivity index (χ1v) is 6.69. The fourth-order valence-corrected chi connectivity index (χ4v) is 2.65. The van der Waals surface area contributed by atoms with Gasteiger partial charge >= 0.3 is 0 Å². The normalized spacial score (nSPS) is 16.0. The van der Waals surface area contributed by atoms with Gasteiger partial charge in [-0.25, -0.2) is 0 Å². The molecule has 1 radical (unpaired) electrons. The Kier molecular flexibility index (Phi) is 5.13. The van der Waals surface area contributed by atoms with Crippen molar-refractivity contribution in [2.75, 3.05) is 0 Å². The fraction of sp³-hybridized carbons (Fsp3) is 0.167. The third-order valence-electron chi connectivity index (χ3n) is 3.66. The summed E-state index contributed by atoms with van der Waals surface area (Å²) in [6, 6.07) is 15.9. The van der Waals surface area contributed by atoms with Crippen LogP contribution < -0.4 is 0 Å². The van der Waals surface area contributed by atoms with Crippen molar-refractivity contribution in [3.8, 4) is 0 Å². The first kappa shape index (κ1) is 16.1. The van der Waals surface area contributed by atoms with E-state index in [9.17, 15) is 9.90 Å². The number of carbonyl (C=O) groups is 1. The summed E-state index contributed by atoms with van der Waals surface area (Å²) in [5, 5.41) is 10.5. The number of rotatable bonds is 1. The molecule has 2 nitrogen and oxygen atoms in total. The van der Waals surface area contributed by atoms with E-state index in [0.717, 1.165) is 17.5 Å². The van der Waals surface area contributed by atoms with Gasteiger partial charge in [0, 0.05) is 39.1 Å². The van der Waals surface area contributed by atoms with E-state index in [2.05, 4.69) is 12.1 Å². The van der Waals surface area contributed by atoms with E-state index in [1.165, 1.54) is 5.56 Å². The molecule has 3 heteroatoms. The summed E-state index contributed by atoms with van der Waals surface area (Å²) < 4.78 is 0. The van der Waals surface area contributed by atoms with E-state index < -0.39 is 0 Å². The van der Waals surface area contributed by atoms with E-state index in [4.69, 9.17) is 0 Å². The third-order valence-corrected chi connectivity index (χ3v) is 3.66. The number of benzene rings is 2. The molecule has 1 aliphatic rings. The van der Waals surface area contributed by atoms with Crippen LogP contribution in [0.4, 0.5) is 0 Å². The standard InChI is InChI=1S/C18H15O2.Y/c1-12-7-9-15-14(11-12)8-10-16(19)17(15)18(20)13-5-3-2-4-6-13;/h3-7,9,11,20H,8,10H2,1H3;/q-1;/b18-17-;. The SMILES string of the molecule is Cc1ccc2c(c1)CCC(=O)/C2=C(\O)c1cc[c-]cc1.[Y]. The summed E-state index contributed by atoms with van der Waals surface area (Å²) in [4.78, 5) is 12.2. The summed E-state index contributed by atoms with van der Waals surface area (Å²) in [5.41, 5.74) is 4.26. The summed E-state index contributed by atoms with van der Waals surface area (Å²) >= 11 is 0. The van der Waals surface area contributed by atoms with Crippen LogP contribution in [0.5, 0.6) is 0 Å². The molecule has 0 fully saturated rings. The number of carbonyl (C=O) groups excluding carboxylic acids is 1. The number of Topliss-reactive ketones (excluding diaryl/α,β-unsaturated/α-hetero) is 1. The van der Waals surface area contributed by atoms with E-state index in [0.29, 0.717) is 17.6 Å². The van der Waals surface area contributed by atoms with Crippen molar-refractivity contribution in [3.63, 3.8) is 0 Å². The molecule has 0 aliphatic heterocycles. The fourth-order valence-electron chi connectivity index (χ4n) is 2.65. The Morgan fingerprint density at radius 2 is 1.86 bits per heavy atom. The van der Waals surface area contributed by atoms with E-state index in [1.807, 2.05) is 19.1 Å². The average Bonchev–Trinajstić information content (AvgIpc) is 2.48. The van der Waals surface area contributed by atoms with E-state index in [-0.39, 0.29) is 44.3 Å². The van der Waals surface area contributed by atoms with Crippen LogP contribution in [0.2, 0.25) is 0 Å². The van der Waals surface area contributed by atoms with Gasteiger partial charge in [-0.2, -0.15) is 30.3 Å². The second-order valence-electron chi connectivity index (χ2n) is 5.10. The van der Waals surface area contributed by atoms with Gasteiger partial charge in [-0.15, -0.1) is 0 Å². The van der Waals surface area contributed by atoms with E-state index in [1.54, 1.807) is 24.3 Å². The minimum atomic E-state index is 0. The number of ketones is 1. The Bertz CT molecular complexity index is 702. The largest absolute Gasteiger partial charge is 0.509 e. The van der Waals surface area contributed by atoms with Crippen molar-refractivity contribution >= 4 is 17.1 Å². The van der Waals surface area contributed by atoms with Crippen LogP contribution in [0.25, 0.3) is 11.3 Å². The maximum Gasteiger partial charge on any atom is 0.167 e. The van der Waals surface area contributed by atoms with Crippen molar-refractivity contribution in [3.05, 3.63) is 70.8 Å². The zero-order chi connectivity index (χ0) is 14.1. The van der Waals surface area contributed by atoms with Crippen LogP contribution in [0, 0.1) is 13.0 Å². The Morgan fingerprint density at radius 3 is 2.57 bits per heavy atom. The van der Waals surface area contributed by atoms with Gasteiger partial charge in [0.1, 0.15) is 5.76 Å². The first-order valence-electron chi connectivity index (χ1n) is 6.69. The smallest absolute Gasteiger partial charge is 0.167 e. The second-order valence-corrected chi connectivity index (χ2v) is 5.10. The molecule has 0 bridgehead atoms. The summed E-state index contributed by atoms with van der Waals surface area (Å²) in [6.45, 7) is 2.03. The molecule has 0 saturated heterocycles. The molecule has 21 heavy (non-hydrogen) atoms. The molecule has 0 heterocycles. The number of aliphatic hydroxyl groups is 1. The molecule has 0 aromatic heterocycles. The first-order chi connectivity index (χ1) is 9.66. The van der Waals surface area contributed by atoms with Crippen molar-refractivity contribution < 1.29 is 42.6 Å². The van der Waals surface area contributed by atoms with Crippen molar-refractivity contribution in [2.45, 2.75) is 19.8 Å². The Labute approximate surface area is 149 Å². The summed E-state index contributed by atoms with van der Waals surface area (Å²) in [7, 11) is 0. The van der Waals surface area contributed by atoms with Crippen LogP contribution >= 0.6 is 0 Å². The Hall–Kier alpha value is -1.25. The minimum Gasteiger partial charge on any atom is -0.509 e. The number of aryl methyl sites for hydroxylation is 2. The van der Waals surface area contributed by atoms with Gasteiger partial charge in [-0.05, 0) is 24.5 Å². The zero-order valence-corrected chi connectivity index (χ0v) is 14.7. The van der Waals surface area contributed by atoms with E-state index >= 15 is 0 Å². The topological polar surface area (TPSA) is 37.3 Å². The van der Waals surface area contributed by atoms with Gasteiger partial charge in [0.15, 0.2) is 5.78 Å². The zero-order valence-electron chi connectivity index (χ0n) is 11.9. The molecule has 2 aromatic carbocycles. The summed E-state index contributed by atoms with van der Waals surface area (Å²) in [6.07, 6.45) is 1.20. The number of allylic oxidation sites excluding steroid dienone is 1. The molecule has 0 unspecified atom stereocenters. The molecule has 1 N–H and O–H groups in total. The van der Waals surface area contributed by atoms with Crippen molar-refractivity contribution in [2.24, 2.45) is 0 Å². The van der Waals surface area contributed by atoms with Gasteiger partial charge in [0.05, 0.1) is 5.57 Å².